The predicted molar refractivity (Wildman–Crippen MR) is 128 cm³/mol. The second kappa shape index (κ2) is 8.61. The van der Waals surface area contributed by atoms with E-state index in [-0.39, 0.29) is 27.9 Å². The third-order valence-corrected chi connectivity index (χ3v) is 6.27. The number of hydrogen-bond donors (Lipinski definition) is 0. The molecule has 0 bridgehead atoms. The zero-order valence-corrected chi connectivity index (χ0v) is 19.1. The molecule has 1 aromatic heterocycles. The summed E-state index contributed by atoms with van der Waals surface area (Å²) in [6.07, 6.45) is -3.02. The van der Waals surface area contributed by atoms with Crippen LogP contribution < -0.4 is 14.9 Å². The van der Waals surface area contributed by atoms with Crippen molar-refractivity contribution in [2.24, 2.45) is 0 Å². The number of nitrogens with zero attached hydrogens (tertiary/aromatic N) is 1. The average Bonchev–Trinajstić information content (AvgIpc) is 3.02. The van der Waals surface area contributed by atoms with Crippen LogP contribution in [0.4, 0.5) is 13.2 Å². The summed E-state index contributed by atoms with van der Waals surface area (Å²) in [5, 5.41) is 10.1. The Bertz CT molecular complexity index is 1630. The molecule has 5 nitrogen and oxygen atoms in total. The highest BCUT2D eigenvalue weighted by atomic mass is 19.4. The maximum Gasteiger partial charge on any atom is 0.416 e. The smallest absolute Gasteiger partial charge is 0.416 e. The van der Waals surface area contributed by atoms with Gasteiger partial charge in [-0.2, -0.15) is 18.4 Å². The number of hydrogen-bond acceptors (Lipinski definition) is 5. The first-order chi connectivity index (χ1) is 17.3. The van der Waals surface area contributed by atoms with E-state index >= 15 is 0 Å². The number of methoxy groups -OCH3 is 2. The molecule has 0 aliphatic heterocycles. The number of allylic oxidation sites excluding steroid dienone is 1. The molecule has 8 heteroatoms. The molecule has 3 aromatic carbocycles. The fourth-order valence-corrected chi connectivity index (χ4v) is 4.55. The molecule has 0 fully saturated rings. The van der Waals surface area contributed by atoms with Crippen molar-refractivity contribution in [3.63, 3.8) is 0 Å². The van der Waals surface area contributed by atoms with E-state index in [9.17, 15) is 23.2 Å². The van der Waals surface area contributed by atoms with Crippen molar-refractivity contribution in [1.29, 1.82) is 5.26 Å². The van der Waals surface area contributed by atoms with Crippen LogP contribution in [0, 0.1) is 11.3 Å². The number of ether oxygens (including phenoxy) is 2. The van der Waals surface area contributed by atoms with E-state index in [2.05, 4.69) is 6.07 Å². The Morgan fingerprint density at radius 2 is 1.64 bits per heavy atom. The van der Waals surface area contributed by atoms with Crippen molar-refractivity contribution in [2.45, 2.75) is 12.1 Å². The van der Waals surface area contributed by atoms with E-state index in [0.29, 0.717) is 28.2 Å². The summed E-state index contributed by atoms with van der Waals surface area (Å²) in [5.41, 5.74) is 1.10. The summed E-state index contributed by atoms with van der Waals surface area (Å²) in [6.45, 7) is 0. The summed E-state index contributed by atoms with van der Waals surface area (Å²) in [4.78, 5) is 13.7. The van der Waals surface area contributed by atoms with Crippen molar-refractivity contribution < 1.29 is 27.1 Å². The van der Waals surface area contributed by atoms with Gasteiger partial charge in [0.05, 0.1) is 48.3 Å². The highest BCUT2D eigenvalue weighted by molar-refractivity contribution is 5.95. The first kappa shape index (κ1) is 23.2. The van der Waals surface area contributed by atoms with E-state index in [0.717, 1.165) is 12.1 Å². The van der Waals surface area contributed by atoms with Crippen molar-refractivity contribution in [2.75, 3.05) is 14.2 Å². The fourth-order valence-electron chi connectivity index (χ4n) is 4.55. The topological polar surface area (TPSA) is 72.5 Å². The molecule has 5 rings (SSSR count). The molecule has 0 saturated heterocycles. The highest BCUT2D eigenvalue weighted by Gasteiger charge is 2.33. The standard InChI is InChI=1S/C28H18F3NO4/c1-34-23-12-20-22(13-24(23)35-2)36-27-21(26(20)33)11-16(14-32)18-5-3-4-6-19(18)25(27)15-7-9-17(10-8-15)28(29,30)31/h3-13,25H,1-2H3. The van der Waals surface area contributed by atoms with Crippen molar-refractivity contribution >= 4 is 22.6 Å². The summed E-state index contributed by atoms with van der Waals surface area (Å²) in [6, 6.07) is 16.9. The minimum atomic E-state index is -4.49. The van der Waals surface area contributed by atoms with E-state index in [1.165, 1.54) is 44.6 Å². The number of fused-ring (bicyclic) bond motifs is 3. The number of benzene rings is 3. The molecule has 0 saturated carbocycles. The minimum absolute atomic E-state index is 0.146. The lowest BCUT2D eigenvalue weighted by Crippen LogP contribution is -2.14. The van der Waals surface area contributed by atoms with Gasteiger partial charge in [0.25, 0.3) is 0 Å². The van der Waals surface area contributed by atoms with Gasteiger partial charge in [0.2, 0.25) is 0 Å². The van der Waals surface area contributed by atoms with Crippen LogP contribution in [0.15, 0.2) is 69.9 Å². The van der Waals surface area contributed by atoms with Crippen molar-refractivity contribution in [1.82, 2.24) is 0 Å². The zero-order chi connectivity index (χ0) is 25.6. The Kier molecular flexibility index (Phi) is 5.56. The Morgan fingerprint density at radius 3 is 2.28 bits per heavy atom. The van der Waals surface area contributed by atoms with Crippen molar-refractivity contribution in [3.05, 3.63) is 104 Å². The van der Waals surface area contributed by atoms with Crippen LogP contribution in [0.3, 0.4) is 0 Å². The van der Waals surface area contributed by atoms with Gasteiger partial charge in [-0.05, 0) is 41.0 Å². The molecule has 1 aliphatic carbocycles. The van der Waals surface area contributed by atoms with Gasteiger partial charge in [-0.3, -0.25) is 4.79 Å². The number of halogens is 3. The molecule has 1 unspecified atom stereocenters. The van der Waals surface area contributed by atoms with Crippen LogP contribution in [0.1, 0.15) is 39.5 Å². The van der Waals surface area contributed by atoms with Crippen LogP contribution in [0.5, 0.6) is 11.5 Å². The van der Waals surface area contributed by atoms with Gasteiger partial charge in [-0.1, -0.05) is 36.4 Å². The molecule has 4 aromatic rings. The van der Waals surface area contributed by atoms with Crippen molar-refractivity contribution in [3.8, 4) is 17.6 Å². The average molecular weight is 489 g/mol. The number of rotatable bonds is 3. The summed E-state index contributed by atoms with van der Waals surface area (Å²) in [7, 11) is 2.90. The molecule has 0 radical (unpaired) electrons. The second-order valence-electron chi connectivity index (χ2n) is 8.22. The number of alkyl halides is 3. The maximum atomic E-state index is 13.7. The lowest BCUT2D eigenvalue weighted by Gasteiger charge is -2.21. The Hall–Kier alpha value is -4.51. The van der Waals surface area contributed by atoms with Gasteiger partial charge >= 0.3 is 6.18 Å². The molecule has 1 atom stereocenters. The van der Waals surface area contributed by atoms with Crippen LogP contribution in [-0.4, -0.2) is 14.2 Å². The monoisotopic (exact) mass is 489 g/mol. The summed E-state index contributed by atoms with van der Waals surface area (Å²) in [5.74, 6) is 0.155. The van der Waals surface area contributed by atoms with Crippen LogP contribution in [0.25, 0.3) is 22.6 Å². The van der Waals surface area contributed by atoms with E-state index in [1.807, 2.05) is 0 Å². The van der Waals surface area contributed by atoms with Crippen LogP contribution in [0.2, 0.25) is 0 Å². The molecular formula is C28H18F3NO4. The summed E-state index contributed by atoms with van der Waals surface area (Å²) < 4.78 is 56.7. The lowest BCUT2D eigenvalue weighted by atomic mass is 9.85. The Morgan fingerprint density at radius 1 is 0.972 bits per heavy atom. The largest absolute Gasteiger partial charge is 0.493 e. The van der Waals surface area contributed by atoms with Gasteiger partial charge in [0, 0.05) is 6.07 Å². The predicted octanol–water partition coefficient (Wildman–Crippen LogP) is 6.39. The lowest BCUT2D eigenvalue weighted by molar-refractivity contribution is -0.137. The molecule has 1 heterocycles. The maximum absolute atomic E-state index is 13.7. The number of nitriles is 1. The van der Waals surface area contributed by atoms with E-state index in [4.69, 9.17) is 13.9 Å². The quantitative estimate of drug-likeness (QED) is 0.334. The van der Waals surface area contributed by atoms with Gasteiger partial charge in [-0.25, -0.2) is 0 Å². The molecule has 36 heavy (non-hydrogen) atoms. The molecule has 180 valence electrons. The van der Waals surface area contributed by atoms with Gasteiger partial charge < -0.3 is 13.9 Å². The highest BCUT2D eigenvalue weighted by Crippen LogP contribution is 2.43. The first-order valence-corrected chi connectivity index (χ1v) is 10.9. The zero-order valence-electron chi connectivity index (χ0n) is 19.1. The second-order valence-corrected chi connectivity index (χ2v) is 8.22. The minimum Gasteiger partial charge on any atom is -0.493 e. The molecule has 0 N–H and O–H groups in total. The first-order valence-electron chi connectivity index (χ1n) is 10.9. The summed E-state index contributed by atoms with van der Waals surface area (Å²) >= 11 is 0. The SMILES string of the molecule is COc1cc2oc3c(c(=O)c2cc1OC)C=C(C#N)c1ccccc1C3c1ccc(C(F)(F)F)cc1. The Balaban J connectivity index is 1.86. The fraction of sp³-hybridized carbons (Fsp3) is 0.143. The van der Waals surface area contributed by atoms with Gasteiger partial charge in [0.15, 0.2) is 16.9 Å². The molecule has 0 spiro atoms. The third-order valence-electron chi connectivity index (χ3n) is 6.27. The molecular weight excluding hydrogens is 471 g/mol. The van der Waals surface area contributed by atoms with E-state index < -0.39 is 23.1 Å². The third kappa shape index (κ3) is 3.69. The molecule has 1 aliphatic rings. The van der Waals surface area contributed by atoms with Crippen LogP contribution in [-0.2, 0) is 6.18 Å². The van der Waals surface area contributed by atoms with Gasteiger partial charge in [-0.15, -0.1) is 0 Å². The normalized spacial score (nSPS) is 14.8. The van der Waals surface area contributed by atoms with Crippen LogP contribution >= 0.6 is 0 Å². The molecule has 0 amide bonds. The van der Waals surface area contributed by atoms with Gasteiger partial charge in [0.1, 0.15) is 11.3 Å². The van der Waals surface area contributed by atoms with E-state index in [1.54, 1.807) is 24.3 Å². The Labute approximate surface area is 203 Å².